The zero-order valence-corrected chi connectivity index (χ0v) is 13.2. The van der Waals surface area contributed by atoms with Crippen LogP contribution in [0.5, 0.6) is 0 Å². The monoisotopic (exact) mass is 344 g/mol. The first-order valence-electron chi connectivity index (χ1n) is 7.50. The van der Waals surface area contributed by atoms with Gasteiger partial charge in [0.1, 0.15) is 6.54 Å². The molecule has 0 spiro atoms. The second kappa shape index (κ2) is 6.76. The normalized spacial score (nSPS) is 12.1. The molecule has 0 unspecified atom stereocenters. The van der Waals surface area contributed by atoms with E-state index in [1.165, 1.54) is 24.7 Å². The Balaban J connectivity index is 1.75. The van der Waals surface area contributed by atoms with Gasteiger partial charge in [-0.25, -0.2) is 13.5 Å². The van der Waals surface area contributed by atoms with Gasteiger partial charge in [0.2, 0.25) is 5.91 Å². The Morgan fingerprint density at radius 1 is 1.24 bits per heavy atom. The molecule has 0 radical (unpaired) electrons. The van der Waals surface area contributed by atoms with Gasteiger partial charge in [-0.15, -0.1) is 0 Å². The van der Waals surface area contributed by atoms with E-state index in [0.29, 0.717) is 16.3 Å². The molecule has 1 amide bonds. The third-order valence-electron chi connectivity index (χ3n) is 3.77. The van der Waals surface area contributed by atoms with Gasteiger partial charge in [-0.3, -0.25) is 14.6 Å². The van der Waals surface area contributed by atoms with Gasteiger partial charge >= 0.3 is 0 Å². The molecule has 0 aliphatic rings. The molecule has 0 aliphatic heterocycles. The van der Waals surface area contributed by atoms with Crippen LogP contribution in [-0.4, -0.2) is 20.7 Å². The van der Waals surface area contributed by atoms with Gasteiger partial charge in [-0.05, 0) is 30.7 Å². The van der Waals surface area contributed by atoms with E-state index in [0.717, 1.165) is 16.8 Å². The molecule has 0 bridgehead atoms. The fraction of sp³-hybridized carbons (Fsp3) is 0.176. The van der Waals surface area contributed by atoms with Crippen LogP contribution >= 0.6 is 0 Å². The average molecular weight is 344 g/mol. The molecule has 25 heavy (non-hydrogen) atoms. The lowest BCUT2D eigenvalue weighted by Crippen LogP contribution is -2.35. The maximum Gasteiger partial charge on any atom is 0.275 e. The first-order chi connectivity index (χ1) is 12.0. The van der Waals surface area contributed by atoms with Crippen LogP contribution in [0.2, 0.25) is 0 Å². The fourth-order valence-electron chi connectivity index (χ4n) is 2.43. The van der Waals surface area contributed by atoms with Crippen molar-refractivity contribution in [3.05, 3.63) is 70.4 Å². The highest BCUT2D eigenvalue weighted by atomic mass is 19.2. The van der Waals surface area contributed by atoms with Gasteiger partial charge in [0.15, 0.2) is 11.6 Å². The smallest absolute Gasteiger partial charge is 0.275 e. The summed E-state index contributed by atoms with van der Waals surface area (Å²) in [6.07, 6.45) is 4.45. The summed E-state index contributed by atoms with van der Waals surface area (Å²) < 4.78 is 27.3. The van der Waals surface area contributed by atoms with Crippen molar-refractivity contribution in [2.45, 2.75) is 19.5 Å². The highest BCUT2D eigenvalue weighted by Gasteiger charge is 2.14. The van der Waals surface area contributed by atoms with Crippen molar-refractivity contribution >= 4 is 16.7 Å². The van der Waals surface area contributed by atoms with Gasteiger partial charge < -0.3 is 5.32 Å². The summed E-state index contributed by atoms with van der Waals surface area (Å²) in [6.45, 7) is 1.35. The molecule has 6 nitrogen and oxygen atoms in total. The summed E-state index contributed by atoms with van der Waals surface area (Å²) in [5, 5.41) is 7.56. The largest absolute Gasteiger partial charge is 0.348 e. The molecule has 3 aromatic rings. The van der Waals surface area contributed by atoms with Crippen molar-refractivity contribution in [2.75, 3.05) is 0 Å². The van der Waals surface area contributed by atoms with Gasteiger partial charge in [0.05, 0.1) is 17.6 Å². The van der Waals surface area contributed by atoms with E-state index in [-0.39, 0.29) is 6.54 Å². The summed E-state index contributed by atoms with van der Waals surface area (Å²) in [5.74, 6) is -2.41. The molecule has 128 valence electrons. The number of fused-ring (bicyclic) bond motifs is 1. The van der Waals surface area contributed by atoms with Crippen molar-refractivity contribution in [2.24, 2.45) is 0 Å². The maximum atomic E-state index is 13.3. The van der Waals surface area contributed by atoms with Crippen LogP contribution in [0.4, 0.5) is 8.78 Å². The number of hydrogen-bond acceptors (Lipinski definition) is 4. The van der Waals surface area contributed by atoms with Gasteiger partial charge in [-0.2, -0.15) is 5.10 Å². The highest BCUT2D eigenvalue weighted by Crippen LogP contribution is 2.15. The Hall–Kier alpha value is -3.16. The van der Waals surface area contributed by atoms with Crippen LogP contribution in [-0.2, 0) is 11.3 Å². The lowest BCUT2D eigenvalue weighted by atomic mass is 10.1. The summed E-state index contributed by atoms with van der Waals surface area (Å²) in [7, 11) is 0. The van der Waals surface area contributed by atoms with Crippen LogP contribution in [0, 0.1) is 11.6 Å². The fourth-order valence-corrected chi connectivity index (χ4v) is 2.43. The SMILES string of the molecule is C[C@H](NC(=O)Cn1ncc2cnccc2c1=O)c1ccc(F)c(F)c1. The van der Waals surface area contributed by atoms with E-state index in [1.54, 1.807) is 13.0 Å². The zero-order valence-electron chi connectivity index (χ0n) is 13.2. The predicted octanol–water partition coefficient (Wildman–Crippen LogP) is 1.95. The number of halogens is 2. The Kier molecular flexibility index (Phi) is 4.51. The van der Waals surface area contributed by atoms with Gasteiger partial charge in [0, 0.05) is 17.8 Å². The van der Waals surface area contributed by atoms with Crippen LogP contribution in [0.25, 0.3) is 10.8 Å². The van der Waals surface area contributed by atoms with Crippen LogP contribution < -0.4 is 10.9 Å². The van der Waals surface area contributed by atoms with Crippen LogP contribution in [0.1, 0.15) is 18.5 Å². The van der Waals surface area contributed by atoms with Crippen LogP contribution in [0.15, 0.2) is 47.7 Å². The number of pyridine rings is 1. The molecule has 1 aromatic carbocycles. The topological polar surface area (TPSA) is 76.9 Å². The van der Waals surface area contributed by atoms with Crippen molar-refractivity contribution in [1.29, 1.82) is 0 Å². The third-order valence-corrected chi connectivity index (χ3v) is 3.77. The van der Waals surface area contributed by atoms with Gasteiger partial charge in [-0.1, -0.05) is 6.07 Å². The van der Waals surface area contributed by atoms with E-state index in [9.17, 15) is 18.4 Å². The second-order valence-corrected chi connectivity index (χ2v) is 5.53. The Morgan fingerprint density at radius 2 is 2.04 bits per heavy atom. The molecule has 0 saturated carbocycles. The lowest BCUT2D eigenvalue weighted by molar-refractivity contribution is -0.122. The number of hydrogen-bond donors (Lipinski definition) is 1. The van der Waals surface area contributed by atoms with E-state index >= 15 is 0 Å². The number of aromatic nitrogens is 3. The molecule has 2 heterocycles. The molecular formula is C17H14F2N4O2. The molecule has 8 heteroatoms. The summed E-state index contributed by atoms with van der Waals surface area (Å²) in [5.41, 5.74) is 0.00710. The summed E-state index contributed by atoms with van der Waals surface area (Å²) in [6, 6.07) is 4.40. The van der Waals surface area contributed by atoms with E-state index in [4.69, 9.17) is 0 Å². The molecule has 0 fully saturated rings. The van der Waals surface area contributed by atoms with E-state index in [2.05, 4.69) is 15.4 Å². The quantitative estimate of drug-likeness (QED) is 0.785. The number of nitrogens with zero attached hydrogens (tertiary/aromatic N) is 3. The third kappa shape index (κ3) is 3.52. The number of carbonyl (C=O) groups is 1. The van der Waals surface area contributed by atoms with E-state index in [1.807, 2.05) is 0 Å². The predicted molar refractivity (Wildman–Crippen MR) is 86.7 cm³/mol. The molecule has 1 N–H and O–H groups in total. The molecule has 2 aromatic heterocycles. The average Bonchev–Trinajstić information content (AvgIpc) is 2.60. The second-order valence-electron chi connectivity index (χ2n) is 5.53. The van der Waals surface area contributed by atoms with Crippen molar-refractivity contribution in [3.8, 4) is 0 Å². The summed E-state index contributed by atoms with van der Waals surface area (Å²) in [4.78, 5) is 28.4. The summed E-state index contributed by atoms with van der Waals surface area (Å²) >= 11 is 0. The Bertz CT molecular complexity index is 1000. The minimum Gasteiger partial charge on any atom is -0.348 e. The maximum absolute atomic E-state index is 13.3. The Labute approximate surface area is 141 Å². The molecular weight excluding hydrogens is 330 g/mol. The number of carbonyl (C=O) groups excluding carboxylic acids is 1. The van der Waals surface area contributed by atoms with Crippen molar-refractivity contribution in [1.82, 2.24) is 20.1 Å². The standard InChI is InChI=1S/C17H14F2N4O2/c1-10(11-2-3-14(18)15(19)6-11)22-16(24)9-23-17(25)13-4-5-20-7-12(13)8-21-23/h2-8,10H,9H2,1H3,(H,22,24)/t10-/m0/s1. The first kappa shape index (κ1) is 16.7. The minimum atomic E-state index is -0.986. The Morgan fingerprint density at radius 3 is 2.80 bits per heavy atom. The first-order valence-corrected chi connectivity index (χ1v) is 7.50. The number of rotatable bonds is 4. The molecule has 0 aliphatic carbocycles. The molecule has 3 rings (SSSR count). The molecule has 0 saturated heterocycles. The number of nitrogens with one attached hydrogen (secondary N) is 1. The number of amides is 1. The highest BCUT2D eigenvalue weighted by molar-refractivity contribution is 5.80. The zero-order chi connectivity index (χ0) is 18.0. The van der Waals surface area contributed by atoms with Gasteiger partial charge in [0.25, 0.3) is 5.56 Å². The lowest BCUT2D eigenvalue weighted by Gasteiger charge is -2.15. The molecule has 1 atom stereocenters. The van der Waals surface area contributed by atoms with E-state index < -0.39 is 29.1 Å². The number of benzene rings is 1. The van der Waals surface area contributed by atoms with Crippen molar-refractivity contribution < 1.29 is 13.6 Å². The van der Waals surface area contributed by atoms with Crippen molar-refractivity contribution in [3.63, 3.8) is 0 Å². The van der Waals surface area contributed by atoms with Crippen LogP contribution in [0.3, 0.4) is 0 Å². The minimum absolute atomic E-state index is 0.287.